The zero-order valence-corrected chi connectivity index (χ0v) is 29.2. The second kappa shape index (κ2) is 15.1. The predicted octanol–water partition coefficient (Wildman–Crippen LogP) is 8.05. The van der Waals surface area contributed by atoms with Crippen LogP contribution in [0.4, 0.5) is 5.69 Å². The lowest BCUT2D eigenvalue weighted by molar-refractivity contribution is -0.140. The molecule has 0 aliphatic rings. The molecule has 0 saturated heterocycles. The summed E-state index contributed by atoms with van der Waals surface area (Å²) in [6.45, 7) is 4.69. The minimum atomic E-state index is -4.34. The fourth-order valence-corrected chi connectivity index (χ4v) is 7.12. The second-order valence-electron chi connectivity index (χ2n) is 11.6. The van der Waals surface area contributed by atoms with Crippen molar-refractivity contribution in [3.63, 3.8) is 0 Å². The number of nitrogens with zero attached hydrogens (tertiary/aromatic N) is 2. The van der Waals surface area contributed by atoms with Crippen LogP contribution in [0.3, 0.4) is 0 Å². The van der Waals surface area contributed by atoms with Crippen LogP contribution in [0.15, 0.2) is 102 Å². The smallest absolute Gasteiger partial charge is 0.264 e. The number of amides is 2. The zero-order valence-electron chi connectivity index (χ0n) is 25.4. The maximum atomic E-state index is 14.6. The summed E-state index contributed by atoms with van der Waals surface area (Å²) >= 11 is 25.6. The molecule has 4 aromatic carbocycles. The van der Waals surface area contributed by atoms with E-state index in [4.69, 9.17) is 46.4 Å². The average molecular weight is 722 g/mol. The third kappa shape index (κ3) is 8.96. The fraction of sp³-hybridized carbons (Fsp3) is 0.235. The van der Waals surface area contributed by atoms with Gasteiger partial charge in [-0.25, -0.2) is 8.42 Å². The van der Waals surface area contributed by atoms with E-state index in [2.05, 4.69) is 5.32 Å². The van der Waals surface area contributed by atoms with Gasteiger partial charge in [0.15, 0.2) is 0 Å². The minimum absolute atomic E-state index is 0.00889. The summed E-state index contributed by atoms with van der Waals surface area (Å²) in [6, 6.07) is 25.2. The van der Waals surface area contributed by atoms with E-state index >= 15 is 0 Å². The van der Waals surface area contributed by atoms with Crippen molar-refractivity contribution in [2.45, 2.75) is 50.2 Å². The van der Waals surface area contributed by atoms with E-state index in [9.17, 15) is 18.0 Å². The highest BCUT2D eigenvalue weighted by Gasteiger charge is 2.36. The molecular formula is C34H33Cl4N3O4S. The summed E-state index contributed by atoms with van der Waals surface area (Å²) in [4.78, 5) is 29.8. The standard InChI is InChI=1S/C34H33Cl4N3O4S/c1-34(2,3)39-33(43)30(19-23-11-6-4-7-12-23)40(21-24-17-18-25(35)20-28(24)37)31(42)22-41(29-16-10-15-27(36)32(29)38)46(44,45)26-13-8-5-9-14-26/h4-18,20,30H,19,21-22H2,1-3H3,(H,39,43)/t30-/m0/s1. The number of sulfonamides is 1. The molecule has 12 heteroatoms. The zero-order chi connectivity index (χ0) is 33.6. The van der Waals surface area contributed by atoms with Crippen LogP contribution >= 0.6 is 46.4 Å². The highest BCUT2D eigenvalue weighted by atomic mass is 35.5. The van der Waals surface area contributed by atoms with Gasteiger partial charge in [0, 0.05) is 28.5 Å². The van der Waals surface area contributed by atoms with Crippen LogP contribution < -0.4 is 9.62 Å². The molecule has 0 saturated carbocycles. The summed E-state index contributed by atoms with van der Waals surface area (Å²) in [5.74, 6) is -1.10. The molecule has 0 fully saturated rings. The maximum absolute atomic E-state index is 14.6. The van der Waals surface area contributed by atoms with Gasteiger partial charge in [-0.2, -0.15) is 0 Å². The summed E-state index contributed by atoms with van der Waals surface area (Å²) in [5.41, 5.74) is 0.687. The van der Waals surface area contributed by atoms with Crippen LogP contribution in [0.2, 0.25) is 20.1 Å². The molecule has 0 spiro atoms. The van der Waals surface area contributed by atoms with Crippen molar-refractivity contribution in [1.29, 1.82) is 0 Å². The van der Waals surface area contributed by atoms with Crippen LogP contribution in [0.25, 0.3) is 0 Å². The van der Waals surface area contributed by atoms with Gasteiger partial charge >= 0.3 is 0 Å². The molecule has 2 amide bonds. The van der Waals surface area contributed by atoms with Crippen LogP contribution in [0.5, 0.6) is 0 Å². The topological polar surface area (TPSA) is 86.8 Å². The summed E-state index contributed by atoms with van der Waals surface area (Å²) in [7, 11) is -4.34. The lowest BCUT2D eigenvalue weighted by atomic mass is 10.0. The SMILES string of the molecule is CC(C)(C)NC(=O)[C@H](Cc1ccccc1)N(Cc1ccc(Cl)cc1Cl)C(=O)CN(c1cccc(Cl)c1Cl)S(=O)(=O)c1ccccc1. The normalized spacial score (nSPS) is 12.3. The first-order valence-electron chi connectivity index (χ1n) is 14.3. The molecule has 4 aromatic rings. The van der Waals surface area contributed by atoms with E-state index in [-0.39, 0.29) is 38.6 Å². The van der Waals surface area contributed by atoms with Gasteiger partial charge in [0.2, 0.25) is 11.8 Å². The molecule has 7 nitrogen and oxygen atoms in total. The predicted molar refractivity (Wildman–Crippen MR) is 186 cm³/mol. The molecule has 0 unspecified atom stereocenters. The van der Waals surface area contributed by atoms with Gasteiger partial charge in [-0.05, 0) is 68.3 Å². The van der Waals surface area contributed by atoms with E-state index in [0.29, 0.717) is 10.6 Å². The molecule has 0 aliphatic carbocycles. The first-order chi connectivity index (χ1) is 21.7. The number of hydrogen-bond donors (Lipinski definition) is 1. The Hall–Kier alpha value is -3.27. The van der Waals surface area contributed by atoms with Crippen molar-refractivity contribution in [2.24, 2.45) is 0 Å². The average Bonchev–Trinajstić information content (AvgIpc) is 3.00. The Morgan fingerprint density at radius 2 is 1.43 bits per heavy atom. The Morgan fingerprint density at radius 3 is 2.04 bits per heavy atom. The summed E-state index contributed by atoms with van der Waals surface area (Å²) < 4.78 is 29.2. The van der Waals surface area contributed by atoms with E-state index in [1.807, 2.05) is 51.1 Å². The molecule has 0 aliphatic heterocycles. The third-order valence-electron chi connectivity index (χ3n) is 6.94. The Labute approximate surface area is 290 Å². The van der Waals surface area contributed by atoms with Crippen LogP contribution in [-0.2, 0) is 32.6 Å². The van der Waals surface area contributed by atoms with Gasteiger partial charge in [0.1, 0.15) is 12.6 Å². The Bertz CT molecular complexity index is 1800. The van der Waals surface area contributed by atoms with E-state index in [0.717, 1.165) is 9.87 Å². The van der Waals surface area contributed by atoms with Crippen molar-refractivity contribution in [3.05, 3.63) is 128 Å². The molecular weight excluding hydrogens is 688 g/mol. The number of nitrogens with one attached hydrogen (secondary N) is 1. The number of rotatable bonds is 11. The number of hydrogen-bond acceptors (Lipinski definition) is 4. The van der Waals surface area contributed by atoms with Crippen molar-refractivity contribution in [2.75, 3.05) is 10.8 Å². The molecule has 0 aromatic heterocycles. The van der Waals surface area contributed by atoms with Crippen LogP contribution in [-0.4, -0.2) is 43.3 Å². The first kappa shape index (κ1) is 35.6. The number of carbonyl (C=O) groups excluding carboxylic acids is 2. The monoisotopic (exact) mass is 719 g/mol. The molecule has 242 valence electrons. The van der Waals surface area contributed by atoms with Crippen molar-refractivity contribution in [3.8, 4) is 0 Å². The van der Waals surface area contributed by atoms with Gasteiger partial charge in [0.25, 0.3) is 10.0 Å². The quantitative estimate of drug-likeness (QED) is 0.170. The Morgan fingerprint density at radius 1 is 0.804 bits per heavy atom. The minimum Gasteiger partial charge on any atom is -0.350 e. The molecule has 0 heterocycles. The van der Waals surface area contributed by atoms with E-state index < -0.39 is 40.0 Å². The number of benzene rings is 4. The summed E-state index contributed by atoms with van der Waals surface area (Å²) in [6.07, 6.45) is 0.142. The highest BCUT2D eigenvalue weighted by molar-refractivity contribution is 7.92. The molecule has 4 rings (SSSR count). The van der Waals surface area contributed by atoms with E-state index in [1.165, 1.54) is 29.2 Å². The number of carbonyl (C=O) groups is 2. The second-order valence-corrected chi connectivity index (χ2v) is 15.1. The number of anilines is 1. The van der Waals surface area contributed by atoms with Gasteiger partial charge < -0.3 is 10.2 Å². The molecule has 1 atom stereocenters. The van der Waals surface area contributed by atoms with Gasteiger partial charge in [-0.3, -0.25) is 13.9 Å². The van der Waals surface area contributed by atoms with E-state index in [1.54, 1.807) is 42.5 Å². The maximum Gasteiger partial charge on any atom is 0.264 e. The Balaban J connectivity index is 1.86. The third-order valence-corrected chi connectivity index (χ3v) is 10.1. The van der Waals surface area contributed by atoms with Crippen LogP contribution in [0, 0.1) is 0 Å². The molecule has 0 radical (unpaired) electrons. The largest absolute Gasteiger partial charge is 0.350 e. The van der Waals surface area contributed by atoms with Gasteiger partial charge in [-0.1, -0.05) is 107 Å². The lowest BCUT2D eigenvalue weighted by Gasteiger charge is -2.35. The van der Waals surface area contributed by atoms with Crippen molar-refractivity contribution < 1.29 is 18.0 Å². The number of halogens is 4. The molecule has 46 heavy (non-hydrogen) atoms. The van der Waals surface area contributed by atoms with Gasteiger partial charge in [-0.15, -0.1) is 0 Å². The van der Waals surface area contributed by atoms with Gasteiger partial charge in [0.05, 0.1) is 20.6 Å². The Kier molecular flexibility index (Phi) is 11.7. The van der Waals surface area contributed by atoms with Crippen LogP contribution in [0.1, 0.15) is 31.9 Å². The molecule has 0 bridgehead atoms. The first-order valence-corrected chi connectivity index (χ1v) is 17.2. The van der Waals surface area contributed by atoms with Crippen molar-refractivity contribution in [1.82, 2.24) is 10.2 Å². The molecule has 1 N–H and O–H groups in total. The lowest BCUT2D eigenvalue weighted by Crippen LogP contribution is -2.56. The fourth-order valence-electron chi connectivity index (χ4n) is 4.76. The van der Waals surface area contributed by atoms with Crippen molar-refractivity contribution >= 4 is 73.9 Å². The highest BCUT2D eigenvalue weighted by Crippen LogP contribution is 2.36. The summed E-state index contributed by atoms with van der Waals surface area (Å²) in [5, 5.41) is 3.73.